The van der Waals surface area contributed by atoms with Crippen LogP contribution in [0.5, 0.6) is 0 Å². The van der Waals surface area contributed by atoms with Crippen LogP contribution in [0, 0.1) is 11.8 Å². The Morgan fingerprint density at radius 3 is 1.81 bits per heavy atom. The molecule has 0 aromatic heterocycles. The Balaban J connectivity index is 1.77. The number of nitrogens with one attached hydrogen (secondary N) is 4. The highest BCUT2D eigenvalue weighted by Gasteiger charge is 2.44. The third kappa shape index (κ3) is 19.3. The molecule has 2 saturated heterocycles. The van der Waals surface area contributed by atoms with Crippen molar-refractivity contribution < 1.29 is 65.9 Å². The van der Waals surface area contributed by atoms with Crippen molar-refractivity contribution in [1.29, 1.82) is 0 Å². The number of fused-ring (bicyclic) bond motifs is 1. The predicted octanol–water partition coefficient (Wildman–Crippen LogP) is 3.27. The summed E-state index contributed by atoms with van der Waals surface area (Å²) in [7, 11) is 8.15. The fourth-order valence-electron chi connectivity index (χ4n) is 10.2. The molecule has 22 nitrogen and oxygen atoms in total. The SMILES string of the molecule is CC[C@H](C)[C@@H]1NC(=O)[C@H](C)N(C)C(=O)C[C@@H](C)NC(=O)[C@H](CC(C)C)N(C)C(=O)C(C)(C)NC(=O)[C@@H]2CCCN2C(=O)[C@H](CCc2ccc(C(F)(F)F)cc2)NC(=O)CN(C)C(=O)[C@H](Cc2ccc(Cl)cc2)N(C)C(=O)CN(C)C(=O)CN(C)C1=O. The molecule has 2 aliphatic rings. The molecule has 0 spiro atoms. The number of alkyl halides is 3. The molecular weight excluding hydrogens is 1140 g/mol. The molecule has 4 rings (SSSR count). The van der Waals surface area contributed by atoms with Crippen molar-refractivity contribution in [3.8, 4) is 0 Å². The Kier molecular flexibility index (Phi) is 25.5. The summed E-state index contributed by atoms with van der Waals surface area (Å²) in [5, 5.41) is 11.4. The molecular formula is C60H87ClF3N11O11. The van der Waals surface area contributed by atoms with E-state index < -0.39 is 150 Å². The number of carbonyl (C=O) groups excluding carboxylic acids is 11. The van der Waals surface area contributed by atoms with E-state index in [4.69, 9.17) is 11.6 Å². The molecule has 2 heterocycles. The number of aryl methyl sites for hydroxylation is 1. The number of amides is 11. The van der Waals surface area contributed by atoms with Crippen molar-refractivity contribution in [2.75, 3.05) is 68.5 Å². The first-order valence-corrected chi connectivity index (χ1v) is 29.3. The number of likely N-dealkylation sites (N-methyl/N-ethyl adjacent to an activating group) is 6. The number of hydrogen-bond acceptors (Lipinski definition) is 11. The molecule has 0 radical (unpaired) electrons. The Morgan fingerprint density at radius 1 is 0.651 bits per heavy atom. The average Bonchev–Trinajstić information content (AvgIpc) is 1.94. The van der Waals surface area contributed by atoms with Crippen LogP contribution in [0.25, 0.3) is 0 Å². The third-order valence-electron chi connectivity index (χ3n) is 16.0. The van der Waals surface area contributed by atoms with E-state index in [0.29, 0.717) is 29.0 Å². The Morgan fingerprint density at radius 2 is 1.23 bits per heavy atom. The van der Waals surface area contributed by atoms with Gasteiger partial charge in [-0.3, -0.25) is 52.7 Å². The average molecular weight is 1230 g/mol. The maximum absolute atomic E-state index is 14.8. The van der Waals surface area contributed by atoms with Crippen LogP contribution in [-0.4, -0.2) is 216 Å². The highest BCUT2D eigenvalue weighted by Crippen LogP contribution is 2.30. The van der Waals surface area contributed by atoms with Crippen LogP contribution in [0.1, 0.15) is 111 Å². The summed E-state index contributed by atoms with van der Waals surface area (Å²) < 4.78 is 40.6. The lowest BCUT2D eigenvalue weighted by molar-refractivity contribution is -0.148. The van der Waals surface area contributed by atoms with Crippen LogP contribution in [0.15, 0.2) is 48.5 Å². The van der Waals surface area contributed by atoms with Crippen LogP contribution in [0.2, 0.25) is 5.02 Å². The summed E-state index contributed by atoms with van der Waals surface area (Å²) in [6, 6.07) is 2.67. The van der Waals surface area contributed by atoms with Gasteiger partial charge in [-0.25, -0.2) is 0 Å². The number of rotatable bonds is 9. The molecule has 0 aliphatic carbocycles. The van der Waals surface area contributed by atoms with E-state index in [2.05, 4.69) is 21.3 Å². The van der Waals surface area contributed by atoms with E-state index in [1.54, 1.807) is 38.1 Å². The zero-order valence-electron chi connectivity index (χ0n) is 51.9. The van der Waals surface area contributed by atoms with Gasteiger partial charge in [-0.1, -0.05) is 70.0 Å². The molecule has 4 N–H and O–H groups in total. The number of carbonyl (C=O) groups is 11. The minimum atomic E-state index is -4.62. The van der Waals surface area contributed by atoms with Gasteiger partial charge in [0.05, 0.1) is 25.2 Å². The zero-order chi connectivity index (χ0) is 64.9. The van der Waals surface area contributed by atoms with Gasteiger partial charge in [-0.2, -0.15) is 13.2 Å². The Labute approximate surface area is 507 Å². The number of halogens is 4. The minimum absolute atomic E-state index is 0.0188. The van der Waals surface area contributed by atoms with Crippen LogP contribution in [0.3, 0.4) is 0 Å². The van der Waals surface area contributed by atoms with Crippen molar-refractivity contribution in [2.45, 2.75) is 161 Å². The summed E-state index contributed by atoms with van der Waals surface area (Å²) >= 11 is 6.18. The van der Waals surface area contributed by atoms with Gasteiger partial charge in [0, 0.05) is 72.7 Å². The van der Waals surface area contributed by atoms with Gasteiger partial charge in [0.1, 0.15) is 41.8 Å². The largest absolute Gasteiger partial charge is 0.416 e. The van der Waals surface area contributed by atoms with Crippen LogP contribution >= 0.6 is 11.6 Å². The van der Waals surface area contributed by atoms with Crippen molar-refractivity contribution >= 4 is 76.6 Å². The summed E-state index contributed by atoms with van der Waals surface area (Å²) in [5.41, 5.74) is -1.63. The zero-order valence-corrected chi connectivity index (χ0v) is 52.7. The smallest absolute Gasteiger partial charge is 0.351 e. The second kappa shape index (κ2) is 30.9. The van der Waals surface area contributed by atoms with Gasteiger partial charge >= 0.3 is 6.18 Å². The summed E-state index contributed by atoms with van der Waals surface area (Å²) in [4.78, 5) is 164. The Bertz CT molecular complexity index is 2790. The topological polar surface area (TPSA) is 259 Å². The van der Waals surface area contributed by atoms with Crippen LogP contribution < -0.4 is 21.3 Å². The summed E-state index contributed by atoms with van der Waals surface area (Å²) in [6.07, 6.45) is -4.11. The number of nitrogens with zero attached hydrogens (tertiary/aromatic N) is 7. The first-order valence-electron chi connectivity index (χ1n) is 28.9. The van der Waals surface area contributed by atoms with Gasteiger partial charge in [-0.05, 0) is 107 Å². The maximum atomic E-state index is 14.8. The van der Waals surface area contributed by atoms with Crippen molar-refractivity contribution in [2.24, 2.45) is 11.8 Å². The molecule has 0 unspecified atom stereocenters. The van der Waals surface area contributed by atoms with E-state index in [0.717, 1.165) is 31.7 Å². The van der Waals surface area contributed by atoms with E-state index in [9.17, 15) is 65.9 Å². The third-order valence-corrected chi connectivity index (χ3v) is 16.3. The minimum Gasteiger partial charge on any atom is -0.351 e. The molecule has 2 aromatic carbocycles. The molecule has 11 amide bonds. The molecule has 8 atom stereocenters. The molecule has 0 saturated carbocycles. The van der Waals surface area contributed by atoms with Crippen LogP contribution in [0.4, 0.5) is 13.2 Å². The van der Waals surface area contributed by atoms with Crippen molar-refractivity contribution in [1.82, 2.24) is 55.6 Å². The number of hydrogen-bond donors (Lipinski definition) is 4. The van der Waals surface area contributed by atoms with E-state index in [1.165, 1.54) is 89.9 Å². The lowest BCUT2D eigenvalue weighted by Gasteiger charge is -2.37. The summed E-state index contributed by atoms with van der Waals surface area (Å²) in [6.45, 7) is 11.4. The van der Waals surface area contributed by atoms with Gasteiger partial charge in [-0.15, -0.1) is 0 Å². The molecule has 26 heteroatoms. The van der Waals surface area contributed by atoms with Gasteiger partial charge in [0.15, 0.2) is 0 Å². The normalized spacial score (nSPS) is 24.8. The van der Waals surface area contributed by atoms with E-state index >= 15 is 0 Å². The highest BCUT2D eigenvalue weighted by molar-refractivity contribution is 6.30. The first-order chi connectivity index (χ1) is 40.0. The maximum Gasteiger partial charge on any atom is 0.416 e. The van der Waals surface area contributed by atoms with E-state index in [1.807, 2.05) is 20.8 Å². The van der Waals surface area contributed by atoms with Crippen molar-refractivity contribution in [3.05, 3.63) is 70.2 Å². The lowest BCUT2D eigenvalue weighted by Crippen LogP contribution is -2.62. The standard InChI is InChI=1S/C60H87ClF3N11O11/c1-15-36(4)51-57(85)71(11)33-49(78)69(9)34-50(79)73(13)46(31-40-20-25-42(61)26-21-40)56(84)70(10)32-47(76)66-43(27-22-39-18-23-41(24-19-39)60(62,63)64)55(83)75-28-16-17-44(75)54(82)68-59(7,8)58(86)74(14)45(29-35(2)3)53(81)65-37(5)30-48(77)72(12)38(6)52(80)67-51/h18-21,23-26,35-38,43-46,51H,15-17,22,27-34H2,1-14H3,(H,65,81)(H,66,76)(H,67,80)(H,68,82)/t36-,37+,38-,43-,44-,45-,46-,51-/m0/s1. The summed E-state index contributed by atoms with van der Waals surface area (Å²) in [5.74, 6) is -8.12. The first kappa shape index (κ1) is 71.2. The lowest BCUT2D eigenvalue weighted by atomic mass is 9.97. The monoisotopic (exact) mass is 1230 g/mol. The van der Waals surface area contributed by atoms with Crippen LogP contribution in [-0.2, 0) is 71.8 Å². The molecule has 2 aliphatic heterocycles. The molecule has 2 aromatic rings. The quantitative estimate of drug-likeness (QED) is 0.283. The highest BCUT2D eigenvalue weighted by atomic mass is 35.5. The molecule has 86 heavy (non-hydrogen) atoms. The Hall–Kier alpha value is -7.31. The predicted molar refractivity (Wildman–Crippen MR) is 315 cm³/mol. The van der Waals surface area contributed by atoms with Gasteiger partial charge in [0.25, 0.3) is 0 Å². The number of benzene rings is 2. The van der Waals surface area contributed by atoms with E-state index in [-0.39, 0.29) is 51.0 Å². The second-order valence-electron chi connectivity index (χ2n) is 23.9. The van der Waals surface area contributed by atoms with Gasteiger partial charge < -0.3 is 55.6 Å². The van der Waals surface area contributed by atoms with Gasteiger partial charge in [0.2, 0.25) is 65.0 Å². The fraction of sp³-hybridized carbons (Fsp3) is 0.617. The second-order valence-corrected chi connectivity index (χ2v) is 24.3. The molecule has 2 fully saturated rings. The van der Waals surface area contributed by atoms with Crippen molar-refractivity contribution in [3.63, 3.8) is 0 Å². The fourth-order valence-corrected chi connectivity index (χ4v) is 10.4. The molecule has 476 valence electrons. The molecule has 0 bridgehead atoms.